The molecule has 2 fully saturated rings. The van der Waals surface area contributed by atoms with Crippen LogP contribution in [0.15, 0.2) is 79.4 Å². The van der Waals surface area contributed by atoms with Crippen molar-refractivity contribution < 1.29 is 14.3 Å². The lowest BCUT2D eigenvalue weighted by molar-refractivity contribution is -0.140. The number of aryl methyl sites for hydroxylation is 4. The molecule has 1 unspecified atom stereocenters. The fraction of sp³-hybridized carbons (Fsp3) is 0.450. The molecule has 7 rings (SSSR count). The molecule has 0 N–H and O–H groups in total. The molecular formula is C40H47ClN6O3. The van der Waals surface area contributed by atoms with Crippen LogP contribution in [0.1, 0.15) is 78.2 Å². The topological polar surface area (TPSA) is 83.8 Å². The highest BCUT2D eigenvalue weighted by Crippen LogP contribution is 2.38. The van der Waals surface area contributed by atoms with Crippen LogP contribution in [0.3, 0.4) is 0 Å². The first-order chi connectivity index (χ1) is 24.4. The molecule has 1 saturated carbocycles. The van der Waals surface area contributed by atoms with Gasteiger partial charge in [-0.15, -0.1) is 0 Å². The number of fused-ring (bicyclic) bond motifs is 2. The molecule has 2 aliphatic carbocycles. The number of hydrogen-bond acceptors (Lipinski definition) is 6. The highest BCUT2D eigenvalue weighted by atomic mass is 35.5. The second kappa shape index (κ2) is 15.8. The number of aromatic nitrogens is 3. The van der Waals surface area contributed by atoms with Crippen molar-refractivity contribution in [1.82, 2.24) is 29.2 Å². The van der Waals surface area contributed by atoms with Gasteiger partial charge in [0.1, 0.15) is 12.1 Å². The number of carbonyl (C=O) groups is 2. The Morgan fingerprint density at radius 3 is 2.54 bits per heavy atom. The summed E-state index contributed by atoms with van der Waals surface area (Å²) in [6.45, 7) is 5.07. The highest BCUT2D eigenvalue weighted by Gasteiger charge is 2.42. The van der Waals surface area contributed by atoms with E-state index < -0.39 is 6.04 Å². The lowest BCUT2D eigenvalue weighted by Gasteiger charge is -2.45. The standard InChI is InChI=1S/C40H47ClN6O3/c1-29-25-44(28-43-29)19-10-20-46(26-30-11-4-2-5-12-30)39(48)36-27-45(21-22-47(36)40(49)50-34-14-6-3-7-15-34)38-35-16-9-8-13-31(35)17-18-32-23-33(41)24-42-37(32)38/h2,4-5,8-9,11-13,16,23-25,28,34,36,38H,3,6-7,10,14-15,17-22,26-27H2,1H3/t36-,38?/m1/s1. The van der Waals surface area contributed by atoms with Gasteiger partial charge in [-0.05, 0) is 80.2 Å². The van der Waals surface area contributed by atoms with E-state index >= 15 is 0 Å². The predicted molar refractivity (Wildman–Crippen MR) is 194 cm³/mol. The number of benzene rings is 2. The monoisotopic (exact) mass is 694 g/mol. The van der Waals surface area contributed by atoms with Gasteiger partial charge in [0.05, 0.1) is 28.8 Å². The van der Waals surface area contributed by atoms with Gasteiger partial charge in [-0.2, -0.15) is 0 Å². The van der Waals surface area contributed by atoms with E-state index in [1.54, 1.807) is 11.1 Å². The average molecular weight is 695 g/mol. The fourth-order valence-corrected chi connectivity index (χ4v) is 8.12. The second-order valence-electron chi connectivity index (χ2n) is 14.0. The molecule has 2 amide bonds. The van der Waals surface area contributed by atoms with Crippen molar-refractivity contribution in [1.29, 1.82) is 0 Å². The van der Waals surface area contributed by atoms with Gasteiger partial charge < -0.3 is 14.2 Å². The third kappa shape index (κ3) is 7.89. The normalized spacial score (nSPS) is 19.7. The van der Waals surface area contributed by atoms with Crippen LogP contribution in [0, 0.1) is 6.92 Å². The largest absolute Gasteiger partial charge is 0.446 e. The van der Waals surface area contributed by atoms with Gasteiger partial charge in [-0.1, -0.05) is 72.6 Å². The van der Waals surface area contributed by atoms with Crippen LogP contribution in [0.4, 0.5) is 4.79 Å². The van der Waals surface area contributed by atoms with Crippen molar-refractivity contribution in [3.05, 3.63) is 118 Å². The number of rotatable bonds is 9. The quantitative estimate of drug-likeness (QED) is 0.188. The van der Waals surface area contributed by atoms with Crippen LogP contribution >= 0.6 is 11.6 Å². The van der Waals surface area contributed by atoms with Crippen molar-refractivity contribution in [2.75, 3.05) is 26.2 Å². The van der Waals surface area contributed by atoms with Crippen LogP contribution in [0.2, 0.25) is 5.02 Å². The van der Waals surface area contributed by atoms with Crippen LogP contribution in [-0.2, 0) is 35.5 Å². The minimum atomic E-state index is -0.717. The zero-order valence-electron chi connectivity index (χ0n) is 28.9. The fourth-order valence-electron chi connectivity index (χ4n) is 7.93. The molecular weight excluding hydrogens is 648 g/mol. The number of amides is 2. The van der Waals surface area contributed by atoms with Crippen LogP contribution in [0.5, 0.6) is 0 Å². The van der Waals surface area contributed by atoms with Crippen LogP contribution < -0.4 is 0 Å². The first-order valence-corrected chi connectivity index (χ1v) is 18.6. The minimum Gasteiger partial charge on any atom is -0.446 e. The maximum atomic E-state index is 15.0. The summed E-state index contributed by atoms with van der Waals surface area (Å²) in [4.78, 5) is 44.3. The molecule has 2 aromatic carbocycles. The number of halogens is 1. The molecule has 262 valence electrons. The van der Waals surface area contributed by atoms with Gasteiger partial charge in [0, 0.05) is 51.7 Å². The Bertz CT molecular complexity index is 1770. The molecule has 4 aromatic rings. The number of carbonyl (C=O) groups excluding carboxylic acids is 2. The molecule has 2 aromatic heterocycles. The lowest BCUT2D eigenvalue weighted by atomic mass is 9.95. The number of hydrogen-bond donors (Lipinski definition) is 0. The Kier molecular flexibility index (Phi) is 10.8. The Morgan fingerprint density at radius 1 is 0.960 bits per heavy atom. The molecule has 10 heteroatoms. The van der Waals surface area contributed by atoms with E-state index in [1.807, 2.05) is 48.6 Å². The second-order valence-corrected chi connectivity index (χ2v) is 14.4. The van der Waals surface area contributed by atoms with Crippen molar-refractivity contribution in [2.45, 2.75) is 89.6 Å². The van der Waals surface area contributed by atoms with Gasteiger partial charge >= 0.3 is 6.09 Å². The molecule has 0 spiro atoms. The van der Waals surface area contributed by atoms with Crippen molar-refractivity contribution in [3.8, 4) is 0 Å². The first kappa shape index (κ1) is 34.2. The zero-order chi connectivity index (χ0) is 34.5. The first-order valence-electron chi connectivity index (χ1n) is 18.2. The molecule has 0 radical (unpaired) electrons. The molecule has 0 bridgehead atoms. The summed E-state index contributed by atoms with van der Waals surface area (Å²) in [7, 11) is 0. The summed E-state index contributed by atoms with van der Waals surface area (Å²) >= 11 is 6.47. The van der Waals surface area contributed by atoms with E-state index in [2.05, 4.69) is 50.8 Å². The number of imidazole rings is 1. The third-order valence-corrected chi connectivity index (χ3v) is 10.7. The lowest BCUT2D eigenvalue weighted by Crippen LogP contribution is -2.62. The average Bonchev–Trinajstić information content (AvgIpc) is 3.48. The van der Waals surface area contributed by atoms with E-state index in [-0.39, 0.29) is 24.1 Å². The molecule has 3 aliphatic rings. The Hall–Kier alpha value is -4.21. The SMILES string of the molecule is Cc1cn(CCCN(Cc2ccccc2)C(=O)[C@H]2CN(C3c4ccccc4CCc4cc(Cl)cnc43)CCN2C(=O)OC2CCCCC2)cn1. The number of nitrogens with zero attached hydrogens (tertiary/aromatic N) is 6. The molecule has 50 heavy (non-hydrogen) atoms. The van der Waals surface area contributed by atoms with Crippen molar-refractivity contribution in [3.63, 3.8) is 0 Å². The van der Waals surface area contributed by atoms with Gasteiger partial charge in [0.2, 0.25) is 5.91 Å². The summed E-state index contributed by atoms with van der Waals surface area (Å²) in [5.74, 6) is -0.0628. The molecule has 2 atom stereocenters. The van der Waals surface area contributed by atoms with E-state index in [9.17, 15) is 9.59 Å². The molecule has 3 heterocycles. The van der Waals surface area contributed by atoms with Crippen molar-refractivity contribution >= 4 is 23.6 Å². The van der Waals surface area contributed by atoms with E-state index in [0.717, 1.165) is 74.0 Å². The Labute approximate surface area is 300 Å². The van der Waals surface area contributed by atoms with Gasteiger partial charge in [-0.25, -0.2) is 9.78 Å². The van der Waals surface area contributed by atoms with E-state index in [4.69, 9.17) is 21.3 Å². The predicted octanol–water partition coefficient (Wildman–Crippen LogP) is 7.00. The van der Waals surface area contributed by atoms with Crippen LogP contribution in [0.25, 0.3) is 0 Å². The highest BCUT2D eigenvalue weighted by molar-refractivity contribution is 6.30. The summed E-state index contributed by atoms with van der Waals surface area (Å²) in [5.41, 5.74) is 6.59. The summed E-state index contributed by atoms with van der Waals surface area (Å²) in [5, 5.41) is 0.624. The smallest absolute Gasteiger partial charge is 0.410 e. The van der Waals surface area contributed by atoms with Crippen LogP contribution in [-0.4, -0.2) is 79.6 Å². The van der Waals surface area contributed by atoms with E-state index in [0.29, 0.717) is 37.7 Å². The van der Waals surface area contributed by atoms with Gasteiger partial charge in [0.15, 0.2) is 0 Å². The minimum absolute atomic E-state index is 0.0628. The maximum Gasteiger partial charge on any atom is 0.410 e. The number of pyridine rings is 1. The number of piperazine rings is 1. The van der Waals surface area contributed by atoms with Crippen molar-refractivity contribution in [2.24, 2.45) is 0 Å². The molecule has 9 nitrogen and oxygen atoms in total. The van der Waals surface area contributed by atoms with E-state index in [1.165, 1.54) is 17.5 Å². The molecule has 1 aliphatic heterocycles. The summed E-state index contributed by atoms with van der Waals surface area (Å²) < 4.78 is 8.20. The number of ether oxygens (including phenoxy) is 1. The summed E-state index contributed by atoms with van der Waals surface area (Å²) in [6.07, 6.45) is 12.6. The third-order valence-electron chi connectivity index (χ3n) is 10.5. The Balaban J connectivity index is 1.21. The van der Waals surface area contributed by atoms with Gasteiger partial charge in [-0.3, -0.25) is 19.6 Å². The summed E-state index contributed by atoms with van der Waals surface area (Å²) in [6, 6.07) is 19.8. The zero-order valence-corrected chi connectivity index (χ0v) is 29.7. The maximum absolute atomic E-state index is 15.0. The molecule has 1 saturated heterocycles. The Morgan fingerprint density at radius 2 is 1.74 bits per heavy atom. The van der Waals surface area contributed by atoms with Gasteiger partial charge in [0.25, 0.3) is 0 Å².